The van der Waals surface area contributed by atoms with E-state index in [0.717, 1.165) is 0 Å². The number of carboxylic acids is 1. The Balaban J connectivity index is 2.73. The second kappa shape index (κ2) is 10.9. The summed E-state index contributed by atoms with van der Waals surface area (Å²) >= 11 is 0. The highest BCUT2D eigenvalue weighted by Gasteiger charge is 2.38. The number of Topliss-reactive ketones (excluding diaryl/α,β-unsaturated/α-hetero) is 1. The van der Waals surface area contributed by atoms with Gasteiger partial charge < -0.3 is 37.8 Å². The highest BCUT2D eigenvalue weighted by molar-refractivity contribution is 6.38. The monoisotopic (exact) mass is 413 g/mol. The van der Waals surface area contributed by atoms with Crippen LogP contribution in [0, 0.1) is 5.41 Å². The van der Waals surface area contributed by atoms with Gasteiger partial charge in [0.05, 0.1) is 12.5 Å². The molecule has 0 bridgehead atoms. The minimum atomic E-state index is -1.61. The van der Waals surface area contributed by atoms with Gasteiger partial charge in [0.25, 0.3) is 5.91 Å². The Morgan fingerprint density at radius 2 is 1.86 bits per heavy atom. The van der Waals surface area contributed by atoms with Gasteiger partial charge in [-0.05, 0) is 25.7 Å². The molecular weight excluding hydrogens is 386 g/mol. The Hall–Kier alpha value is -3.22. The zero-order valence-corrected chi connectivity index (χ0v) is 15.8. The van der Waals surface area contributed by atoms with Crippen molar-refractivity contribution in [2.45, 2.75) is 50.2 Å². The third-order valence-corrected chi connectivity index (χ3v) is 4.42. The fraction of sp³-hybridized carbons (Fsp3) is 0.625. The average molecular weight is 413 g/mol. The number of aliphatic carboxylic acids is 1. The number of carboxylic acid groups (broad SMARTS) is 1. The fourth-order valence-corrected chi connectivity index (χ4v) is 3.01. The number of likely N-dealkylation sites (tertiary alicyclic amines) is 1. The molecule has 0 aromatic rings. The zero-order chi connectivity index (χ0) is 22.1. The van der Waals surface area contributed by atoms with Crippen LogP contribution in [0.2, 0.25) is 0 Å². The molecule has 0 saturated carbocycles. The summed E-state index contributed by atoms with van der Waals surface area (Å²) in [4.78, 5) is 60.2. The highest BCUT2D eigenvalue weighted by atomic mass is 16.4. The van der Waals surface area contributed by atoms with Crippen LogP contribution in [0.1, 0.15) is 32.1 Å². The largest absolute Gasteiger partial charge is 0.481 e. The van der Waals surface area contributed by atoms with Gasteiger partial charge in [-0.25, -0.2) is 0 Å². The van der Waals surface area contributed by atoms with Crippen molar-refractivity contribution >= 4 is 35.4 Å². The maximum Gasteiger partial charge on any atom is 0.305 e. The van der Waals surface area contributed by atoms with Crippen LogP contribution in [-0.2, 0) is 24.0 Å². The van der Waals surface area contributed by atoms with Crippen molar-refractivity contribution in [1.82, 2.24) is 15.5 Å². The summed E-state index contributed by atoms with van der Waals surface area (Å²) in [6, 6.07) is -3.42. The van der Waals surface area contributed by atoms with Crippen molar-refractivity contribution < 1.29 is 29.1 Å². The van der Waals surface area contributed by atoms with E-state index in [1.54, 1.807) is 0 Å². The number of amides is 3. The van der Waals surface area contributed by atoms with Gasteiger partial charge >= 0.3 is 5.97 Å². The van der Waals surface area contributed by atoms with Crippen molar-refractivity contribution in [2.24, 2.45) is 17.2 Å². The van der Waals surface area contributed by atoms with Crippen LogP contribution in [-0.4, -0.2) is 76.7 Å². The lowest BCUT2D eigenvalue weighted by Gasteiger charge is -2.27. The molecule has 1 fully saturated rings. The Morgan fingerprint density at radius 3 is 2.41 bits per heavy atom. The van der Waals surface area contributed by atoms with Crippen molar-refractivity contribution in [2.75, 3.05) is 13.1 Å². The number of nitrogens with two attached hydrogens (primary N) is 3. The van der Waals surface area contributed by atoms with Gasteiger partial charge in [-0.1, -0.05) is 0 Å². The van der Waals surface area contributed by atoms with Crippen LogP contribution >= 0.6 is 0 Å². The summed E-state index contributed by atoms with van der Waals surface area (Å²) in [6.07, 6.45) is 0.796. The van der Waals surface area contributed by atoms with Crippen LogP contribution in [0.25, 0.3) is 0 Å². The lowest BCUT2D eigenvalue weighted by molar-refractivity contribution is -0.144. The SMILES string of the molecule is N=C(N)NCCC[C@H](N)C(=O)N1CCC[C@H]1C(=O)N[C@@H](CC(=O)O)C(=O)C(N)=O. The summed E-state index contributed by atoms with van der Waals surface area (Å²) < 4.78 is 0. The first-order valence-corrected chi connectivity index (χ1v) is 9.04. The molecule has 0 spiro atoms. The molecule has 162 valence electrons. The summed E-state index contributed by atoms with van der Waals surface area (Å²) in [6.45, 7) is 0.649. The maximum atomic E-state index is 12.6. The molecule has 0 aromatic heterocycles. The Bertz CT molecular complexity index is 683. The minimum Gasteiger partial charge on any atom is -0.481 e. The van der Waals surface area contributed by atoms with Crippen LogP contribution in [0.15, 0.2) is 0 Å². The van der Waals surface area contributed by atoms with Crippen LogP contribution in [0.3, 0.4) is 0 Å². The van der Waals surface area contributed by atoms with E-state index in [2.05, 4.69) is 10.6 Å². The Morgan fingerprint density at radius 1 is 1.21 bits per heavy atom. The van der Waals surface area contributed by atoms with Gasteiger partial charge in [0.1, 0.15) is 12.1 Å². The van der Waals surface area contributed by atoms with Crippen LogP contribution in [0.5, 0.6) is 0 Å². The number of ketones is 1. The fourth-order valence-electron chi connectivity index (χ4n) is 3.01. The normalized spacial score (nSPS) is 17.8. The molecule has 1 saturated heterocycles. The molecule has 10 N–H and O–H groups in total. The molecule has 0 unspecified atom stereocenters. The Kier molecular flexibility index (Phi) is 8.99. The van der Waals surface area contributed by atoms with Crippen molar-refractivity contribution in [3.8, 4) is 0 Å². The zero-order valence-electron chi connectivity index (χ0n) is 15.8. The summed E-state index contributed by atoms with van der Waals surface area (Å²) in [5.74, 6) is -5.39. The second-order valence-electron chi connectivity index (χ2n) is 6.67. The van der Waals surface area contributed by atoms with Crippen molar-refractivity contribution in [3.63, 3.8) is 0 Å². The Labute approximate surface area is 166 Å². The topological polar surface area (TPSA) is 235 Å². The summed E-state index contributed by atoms with van der Waals surface area (Å²) in [7, 11) is 0. The number of carbonyl (C=O) groups excluding carboxylic acids is 4. The molecule has 29 heavy (non-hydrogen) atoms. The lowest BCUT2D eigenvalue weighted by Crippen LogP contribution is -2.55. The molecule has 13 nitrogen and oxygen atoms in total. The number of carbonyl (C=O) groups is 5. The number of rotatable bonds is 11. The molecule has 1 rings (SSSR count). The molecule has 3 amide bonds. The number of hydrogen-bond donors (Lipinski definition) is 7. The van der Waals surface area contributed by atoms with Crippen LogP contribution < -0.4 is 27.8 Å². The average Bonchev–Trinajstić information content (AvgIpc) is 3.12. The quantitative estimate of drug-likeness (QED) is 0.0771. The van der Waals surface area contributed by atoms with E-state index in [-0.39, 0.29) is 12.5 Å². The molecule has 13 heteroatoms. The van der Waals surface area contributed by atoms with Gasteiger partial charge in [-0.3, -0.25) is 29.4 Å². The maximum absolute atomic E-state index is 12.6. The van der Waals surface area contributed by atoms with Crippen molar-refractivity contribution in [1.29, 1.82) is 5.41 Å². The van der Waals surface area contributed by atoms with Crippen molar-refractivity contribution in [3.05, 3.63) is 0 Å². The molecule has 1 aliphatic rings. The molecule has 0 radical (unpaired) electrons. The van der Waals surface area contributed by atoms with E-state index in [4.69, 9.17) is 27.7 Å². The number of nitrogens with one attached hydrogen (secondary N) is 3. The third kappa shape index (κ3) is 7.37. The number of guanidine groups is 1. The van der Waals surface area contributed by atoms with E-state index in [0.29, 0.717) is 32.2 Å². The first-order chi connectivity index (χ1) is 13.5. The number of nitrogens with zero attached hydrogens (tertiary/aromatic N) is 1. The van der Waals surface area contributed by atoms with Gasteiger partial charge in [-0.2, -0.15) is 0 Å². The molecule has 1 heterocycles. The van der Waals surface area contributed by atoms with E-state index in [1.807, 2.05) is 0 Å². The number of primary amides is 1. The first kappa shape index (κ1) is 23.8. The molecule has 1 aliphatic heterocycles. The highest BCUT2D eigenvalue weighted by Crippen LogP contribution is 2.19. The van der Waals surface area contributed by atoms with Gasteiger partial charge in [0, 0.05) is 13.1 Å². The van der Waals surface area contributed by atoms with Gasteiger partial charge in [0.15, 0.2) is 5.96 Å². The molecule has 3 atom stereocenters. The first-order valence-electron chi connectivity index (χ1n) is 9.04. The minimum absolute atomic E-state index is 0.192. The third-order valence-electron chi connectivity index (χ3n) is 4.42. The predicted molar refractivity (Wildman–Crippen MR) is 100 cm³/mol. The predicted octanol–water partition coefficient (Wildman–Crippen LogP) is -3.42. The molecule has 0 aromatic carbocycles. The van der Waals surface area contributed by atoms with Gasteiger partial charge in [-0.15, -0.1) is 0 Å². The number of hydrogen-bond acceptors (Lipinski definition) is 7. The van der Waals surface area contributed by atoms with Crippen LogP contribution in [0.4, 0.5) is 0 Å². The van der Waals surface area contributed by atoms with E-state index >= 15 is 0 Å². The molecular formula is C16H27N7O6. The van der Waals surface area contributed by atoms with E-state index < -0.39 is 54.0 Å². The summed E-state index contributed by atoms with van der Waals surface area (Å²) in [5, 5.41) is 20.7. The smallest absolute Gasteiger partial charge is 0.305 e. The molecule has 0 aliphatic carbocycles. The second-order valence-corrected chi connectivity index (χ2v) is 6.67. The van der Waals surface area contributed by atoms with E-state index in [9.17, 15) is 24.0 Å². The van der Waals surface area contributed by atoms with Gasteiger partial charge in [0.2, 0.25) is 17.6 Å². The van der Waals surface area contributed by atoms with E-state index in [1.165, 1.54) is 4.90 Å². The lowest BCUT2D eigenvalue weighted by atomic mass is 10.1. The summed E-state index contributed by atoms with van der Waals surface area (Å²) in [5.41, 5.74) is 16.0. The standard InChI is InChI=1S/C16H27N7O6/c17-8(3-1-5-21-16(19)20)15(29)23-6-2-4-10(23)14(28)22-9(7-11(24)25)12(26)13(18)27/h8-10H,1-7,17H2,(H2,18,27)(H,22,28)(H,24,25)(H4,19,20,21)/t8-,9-,10-/m0/s1.